The van der Waals surface area contributed by atoms with E-state index in [1.165, 1.54) is 6.26 Å². The van der Waals surface area contributed by atoms with Gasteiger partial charge in [-0.1, -0.05) is 12.1 Å². The fourth-order valence-corrected chi connectivity index (χ4v) is 0.457. The number of rotatable bonds is 1. The van der Waals surface area contributed by atoms with Gasteiger partial charge in [0.25, 0.3) is 0 Å². The Kier molecular flexibility index (Phi) is 1.33. The Morgan fingerprint density at radius 1 is 1.88 bits per heavy atom. The lowest BCUT2D eigenvalue weighted by atomic mass is 10.1. The summed E-state index contributed by atoms with van der Waals surface area (Å²) in [4.78, 5) is 0. The number of aromatic nitrogens is 1. The van der Waals surface area contributed by atoms with Crippen molar-refractivity contribution in [3.63, 3.8) is 0 Å². The Hall–Kier alpha value is -0.790. The predicted molar refractivity (Wildman–Crippen MR) is 29.2 cm³/mol. The largest absolute Gasteiger partial charge is 0.365 e. The van der Waals surface area contributed by atoms with E-state index in [9.17, 15) is 0 Å². The van der Waals surface area contributed by atoms with E-state index in [-0.39, 0.29) is 5.92 Å². The van der Waals surface area contributed by atoms with Crippen LogP contribution in [0.5, 0.6) is 0 Å². The van der Waals surface area contributed by atoms with Crippen molar-refractivity contribution < 1.29 is 4.52 Å². The summed E-state index contributed by atoms with van der Waals surface area (Å²) in [6, 6.07) is 1.75. The van der Waals surface area contributed by atoms with Crippen LogP contribution >= 0.6 is 0 Å². The molecule has 0 N–H and O–H groups in total. The first kappa shape index (κ1) is 5.35. The van der Waals surface area contributed by atoms with E-state index < -0.39 is 0 Å². The zero-order valence-electron chi connectivity index (χ0n) is 4.66. The van der Waals surface area contributed by atoms with Crippen LogP contribution in [-0.2, 0) is 0 Å². The molecular weight excluding hydrogens is 102 g/mol. The Morgan fingerprint density at radius 2 is 2.62 bits per heavy atom. The highest BCUT2D eigenvalue weighted by Gasteiger charge is 1.99. The molecule has 8 heavy (non-hydrogen) atoms. The molecule has 0 aliphatic rings. The van der Waals surface area contributed by atoms with E-state index in [1.54, 1.807) is 6.07 Å². The summed E-state index contributed by atoms with van der Waals surface area (Å²) in [6.07, 6.45) is 1.51. The Balaban J connectivity index is 2.77. The molecule has 0 aliphatic heterocycles. The average Bonchev–Trinajstić information content (AvgIpc) is 2.12. The molecule has 0 aromatic carbocycles. The molecule has 2 nitrogen and oxygen atoms in total. The molecule has 1 rings (SSSR count). The molecule has 0 spiro atoms. The van der Waals surface area contributed by atoms with E-state index >= 15 is 0 Å². The van der Waals surface area contributed by atoms with Gasteiger partial charge in [0.2, 0.25) is 0 Å². The number of nitrogens with zero attached hydrogens (tertiary/aromatic N) is 1. The zero-order valence-corrected chi connectivity index (χ0v) is 4.66. The molecule has 1 unspecified atom stereocenters. The fourth-order valence-electron chi connectivity index (χ4n) is 0.457. The van der Waals surface area contributed by atoms with Crippen LogP contribution < -0.4 is 0 Å². The van der Waals surface area contributed by atoms with Gasteiger partial charge in [-0.2, -0.15) is 0 Å². The van der Waals surface area contributed by atoms with E-state index in [0.29, 0.717) is 0 Å². The van der Waals surface area contributed by atoms with Crippen LogP contribution in [0.3, 0.4) is 0 Å². The first-order valence-electron chi connectivity index (χ1n) is 2.46. The first-order chi connectivity index (χ1) is 3.80. The second-order valence-corrected chi connectivity index (χ2v) is 1.71. The number of hydrogen-bond donors (Lipinski definition) is 0. The minimum Gasteiger partial charge on any atom is -0.365 e. The smallest absolute Gasteiger partial charge is 0.124 e. The highest BCUT2D eigenvalue weighted by Crippen LogP contribution is 2.08. The van der Waals surface area contributed by atoms with Crippen molar-refractivity contribution in [1.82, 2.24) is 5.16 Å². The van der Waals surface area contributed by atoms with E-state index in [0.717, 1.165) is 5.69 Å². The van der Waals surface area contributed by atoms with Crippen molar-refractivity contribution in [2.45, 2.75) is 12.8 Å². The lowest BCUT2D eigenvalue weighted by molar-refractivity contribution is 0.410. The monoisotopic (exact) mass is 109 g/mol. The van der Waals surface area contributed by atoms with Gasteiger partial charge in [-0.25, -0.2) is 0 Å². The molecule has 1 aromatic heterocycles. The van der Waals surface area contributed by atoms with Crippen molar-refractivity contribution >= 4 is 0 Å². The number of hydrogen-bond acceptors (Lipinski definition) is 2. The van der Waals surface area contributed by atoms with Gasteiger partial charge in [-0.3, -0.25) is 0 Å². The normalized spacial score (nSPS) is 10.4. The third-order valence-electron chi connectivity index (χ3n) is 0.924. The van der Waals surface area contributed by atoms with Crippen LogP contribution in [0.2, 0.25) is 0 Å². The van der Waals surface area contributed by atoms with Crippen LogP contribution in [0.4, 0.5) is 0 Å². The van der Waals surface area contributed by atoms with Crippen LogP contribution in [0, 0.1) is 6.92 Å². The molecule has 0 fully saturated rings. The van der Waals surface area contributed by atoms with Crippen LogP contribution in [0.1, 0.15) is 18.5 Å². The van der Waals surface area contributed by atoms with Gasteiger partial charge in [-0.15, -0.1) is 0 Å². The standard InChI is InChI=1S/C6H7NO/c1-5(2)6-3-4-8-7-6/h1,3-5H,2H3. The first-order valence-corrected chi connectivity index (χ1v) is 2.46. The quantitative estimate of drug-likeness (QED) is 0.546. The third-order valence-corrected chi connectivity index (χ3v) is 0.924. The molecule has 1 aromatic rings. The maximum atomic E-state index is 5.44. The molecule has 2 radical (unpaired) electrons. The molecule has 1 heterocycles. The summed E-state index contributed by atoms with van der Waals surface area (Å²) in [5.74, 6) is -0.0197. The lowest BCUT2D eigenvalue weighted by Crippen LogP contribution is -1.84. The predicted octanol–water partition coefficient (Wildman–Crippen LogP) is 1.49. The van der Waals surface area contributed by atoms with Crippen LogP contribution in [-0.4, -0.2) is 5.16 Å². The summed E-state index contributed by atoms with van der Waals surface area (Å²) in [7, 11) is 0. The van der Waals surface area contributed by atoms with E-state index in [4.69, 9.17) is 6.92 Å². The van der Waals surface area contributed by atoms with Crippen molar-refractivity contribution in [2.75, 3.05) is 0 Å². The molecule has 1 atom stereocenters. The van der Waals surface area contributed by atoms with Crippen molar-refractivity contribution in [3.05, 3.63) is 24.9 Å². The zero-order chi connectivity index (χ0) is 5.98. The maximum Gasteiger partial charge on any atom is 0.124 e. The molecule has 0 aliphatic carbocycles. The summed E-state index contributed by atoms with van der Waals surface area (Å²) in [5.41, 5.74) is 0.796. The van der Waals surface area contributed by atoms with E-state index in [1.807, 2.05) is 6.92 Å². The SMILES string of the molecule is [CH]C(C)c1ccon1. The molecule has 2 heteroatoms. The van der Waals surface area contributed by atoms with Crippen molar-refractivity contribution in [3.8, 4) is 0 Å². The molecule has 42 valence electrons. The molecule has 0 bridgehead atoms. The molecular formula is C6H7NO. The second kappa shape index (κ2) is 1.99. The highest BCUT2D eigenvalue weighted by atomic mass is 16.5. The Labute approximate surface area is 48.5 Å². The Bertz CT molecular complexity index is 144. The van der Waals surface area contributed by atoms with Gasteiger partial charge in [0.1, 0.15) is 6.26 Å². The Morgan fingerprint density at radius 3 is 2.88 bits per heavy atom. The van der Waals surface area contributed by atoms with Crippen LogP contribution in [0.15, 0.2) is 16.9 Å². The summed E-state index contributed by atoms with van der Waals surface area (Å²) < 4.78 is 4.55. The van der Waals surface area contributed by atoms with Gasteiger partial charge in [-0.05, 0) is 6.92 Å². The minimum atomic E-state index is -0.0197. The molecule has 0 amide bonds. The second-order valence-electron chi connectivity index (χ2n) is 1.71. The van der Waals surface area contributed by atoms with Crippen LogP contribution in [0.25, 0.3) is 0 Å². The molecule has 0 saturated heterocycles. The third kappa shape index (κ3) is 0.886. The van der Waals surface area contributed by atoms with Crippen molar-refractivity contribution in [1.29, 1.82) is 0 Å². The van der Waals surface area contributed by atoms with Crippen molar-refractivity contribution in [2.24, 2.45) is 0 Å². The summed E-state index contributed by atoms with van der Waals surface area (Å²) >= 11 is 0. The average molecular weight is 109 g/mol. The summed E-state index contributed by atoms with van der Waals surface area (Å²) in [6.45, 7) is 7.29. The maximum absolute atomic E-state index is 5.44. The van der Waals surface area contributed by atoms with E-state index in [2.05, 4.69) is 9.68 Å². The van der Waals surface area contributed by atoms with Gasteiger partial charge >= 0.3 is 0 Å². The van der Waals surface area contributed by atoms with Gasteiger partial charge in [0, 0.05) is 12.0 Å². The van der Waals surface area contributed by atoms with Gasteiger partial charge < -0.3 is 4.52 Å². The van der Waals surface area contributed by atoms with Gasteiger partial charge in [0.15, 0.2) is 0 Å². The molecule has 0 saturated carbocycles. The fraction of sp³-hybridized carbons (Fsp3) is 0.333. The lowest BCUT2D eigenvalue weighted by Gasteiger charge is -1.91. The summed E-state index contributed by atoms with van der Waals surface area (Å²) in [5, 5.41) is 3.62. The highest BCUT2D eigenvalue weighted by molar-refractivity contribution is 5.02. The topological polar surface area (TPSA) is 26.0 Å². The van der Waals surface area contributed by atoms with Gasteiger partial charge in [0.05, 0.1) is 5.69 Å². The minimum absolute atomic E-state index is 0.0197.